The Hall–Kier alpha value is -1.04. The van der Waals surface area contributed by atoms with E-state index in [9.17, 15) is 0 Å². The Kier molecular flexibility index (Phi) is 2.22. The molecule has 1 aliphatic rings. The fourth-order valence-corrected chi connectivity index (χ4v) is 1.82. The summed E-state index contributed by atoms with van der Waals surface area (Å²) < 4.78 is 0. The molecule has 14 heavy (non-hydrogen) atoms. The first-order chi connectivity index (χ1) is 6.64. The smallest absolute Gasteiger partial charge is 0.00779 e. The van der Waals surface area contributed by atoms with E-state index in [-0.39, 0.29) is 0 Å². The number of hydrogen-bond acceptors (Lipinski definition) is 0. The van der Waals surface area contributed by atoms with Gasteiger partial charge in [0.25, 0.3) is 0 Å². The standard InChI is InChI=1S/C14H18/c1-4-14(3)10-13(14)9-12-7-5-11(2)6-8-12/h5-9H,4,10H2,1-3H3/b13-9+/t14-/m0/s1. The molecule has 0 heteroatoms. The molecular formula is C14H18. The average molecular weight is 186 g/mol. The summed E-state index contributed by atoms with van der Waals surface area (Å²) in [4.78, 5) is 0. The highest BCUT2D eigenvalue weighted by Gasteiger charge is 2.41. The molecule has 1 aromatic carbocycles. The molecule has 0 amide bonds. The molecule has 0 unspecified atom stereocenters. The van der Waals surface area contributed by atoms with Crippen LogP contribution in [-0.2, 0) is 0 Å². The monoisotopic (exact) mass is 186 g/mol. The van der Waals surface area contributed by atoms with Gasteiger partial charge in [-0.3, -0.25) is 0 Å². The third-order valence-corrected chi connectivity index (χ3v) is 3.43. The van der Waals surface area contributed by atoms with Crippen LogP contribution in [0.15, 0.2) is 29.8 Å². The van der Waals surface area contributed by atoms with Gasteiger partial charge in [-0.15, -0.1) is 0 Å². The van der Waals surface area contributed by atoms with Crippen LogP contribution in [0.5, 0.6) is 0 Å². The number of benzene rings is 1. The predicted molar refractivity (Wildman–Crippen MR) is 62.2 cm³/mol. The zero-order valence-corrected chi connectivity index (χ0v) is 9.30. The largest absolute Gasteiger partial charge is 0.0645 e. The van der Waals surface area contributed by atoms with E-state index in [2.05, 4.69) is 51.1 Å². The van der Waals surface area contributed by atoms with Crippen LogP contribution in [0.4, 0.5) is 0 Å². The predicted octanol–water partition coefficient (Wildman–Crippen LogP) is 4.20. The molecule has 1 aliphatic carbocycles. The molecule has 0 aromatic heterocycles. The topological polar surface area (TPSA) is 0 Å². The molecule has 2 rings (SSSR count). The van der Waals surface area contributed by atoms with Crippen LogP contribution < -0.4 is 0 Å². The first kappa shape index (κ1) is 9.51. The van der Waals surface area contributed by atoms with Crippen molar-refractivity contribution in [1.29, 1.82) is 0 Å². The Labute approximate surface area is 86.7 Å². The Morgan fingerprint density at radius 2 is 1.93 bits per heavy atom. The molecule has 0 N–H and O–H groups in total. The minimum absolute atomic E-state index is 0.519. The van der Waals surface area contributed by atoms with Gasteiger partial charge in [0.2, 0.25) is 0 Å². The van der Waals surface area contributed by atoms with Crippen molar-refractivity contribution in [1.82, 2.24) is 0 Å². The van der Waals surface area contributed by atoms with Crippen molar-refractivity contribution >= 4 is 6.08 Å². The molecule has 0 bridgehead atoms. The van der Waals surface area contributed by atoms with Crippen LogP contribution in [0, 0.1) is 12.3 Å². The zero-order valence-electron chi connectivity index (χ0n) is 9.30. The van der Waals surface area contributed by atoms with E-state index in [0.29, 0.717) is 5.41 Å². The third kappa shape index (κ3) is 1.75. The highest BCUT2D eigenvalue weighted by Crippen LogP contribution is 2.54. The molecule has 1 atom stereocenters. The van der Waals surface area contributed by atoms with Gasteiger partial charge in [-0.25, -0.2) is 0 Å². The summed E-state index contributed by atoms with van der Waals surface area (Å²) in [6, 6.07) is 8.77. The van der Waals surface area contributed by atoms with E-state index in [4.69, 9.17) is 0 Å². The summed E-state index contributed by atoms with van der Waals surface area (Å²) in [5.74, 6) is 0. The maximum atomic E-state index is 2.35. The first-order valence-electron chi connectivity index (χ1n) is 5.42. The SMILES string of the molecule is CC[C@@]1(C)C/C1=C\c1ccc(C)cc1. The summed E-state index contributed by atoms with van der Waals surface area (Å²) >= 11 is 0. The lowest BCUT2D eigenvalue weighted by Gasteiger charge is -2.00. The first-order valence-corrected chi connectivity index (χ1v) is 5.42. The third-order valence-electron chi connectivity index (χ3n) is 3.43. The molecule has 0 aliphatic heterocycles. The Balaban J connectivity index is 2.17. The number of aryl methyl sites for hydroxylation is 1. The van der Waals surface area contributed by atoms with Crippen LogP contribution >= 0.6 is 0 Å². The second-order valence-corrected chi connectivity index (χ2v) is 4.67. The highest BCUT2D eigenvalue weighted by molar-refractivity contribution is 5.59. The van der Waals surface area contributed by atoms with Crippen molar-refractivity contribution in [3.8, 4) is 0 Å². The molecule has 1 fully saturated rings. The van der Waals surface area contributed by atoms with Crippen molar-refractivity contribution in [2.45, 2.75) is 33.6 Å². The fourth-order valence-electron chi connectivity index (χ4n) is 1.82. The van der Waals surface area contributed by atoms with Gasteiger partial charge in [0.15, 0.2) is 0 Å². The second kappa shape index (κ2) is 3.27. The van der Waals surface area contributed by atoms with E-state index in [1.54, 1.807) is 5.57 Å². The molecule has 0 radical (unpaired) electrons. The lowest BCUT2D eigenvalue weighted by Crippen LogP contribution is -1.87. The molecule has 1 saturated carbocycles. The maximum absolute atomic E-state index is 2.35. The molecule has 0 saturated heterocycles. The van der Waals surface area contributed by atoms with Crippen LogP contribution in [0.1, 0.15) is 37.8 Å². The van der Waals surface area contributed by atoms with E-state index >= 15 is 0 Å². The van der Waals surface area contributed by atoms with Gasteiger partial charge in [0.1, 0.15) is 0 Å². The van der Waals surface area contributed by atoms with Gasteiger partial charge < -0.3 is 0 Å². The summed E-state index contributed by atoms with van der Waals surface area (Å²) in [5, 5.41) is 0. The van der Waals surface area contributed by atoms with Gasteiger partial charge in [0, 0.05) is 0 Å². The Morgan fingerprint density at radius 1 is 1.29 bits per heavy atom. The van der Waals surface area contributed by atoms with Crippen molar-refractivity contribution < 1.29 is 0 Å². The van der Waals surface area contributed by atoms with Gasteiger partial charge in [0.05, 0.1) is 0 Å². The van der Waals surface area contributed by atoms with Crippen LogP contribution in [-0.4, -0.2) is 0 Å². The minimum atomic E-state index is 0.519. The second-order valence-electron chi connectivity index (χ2n) is 4.67. The Bertz CT molecular complexity index is 356. The average Bonchev–Trinajstić information content (AvgIpc) is 2.82. The number of hydrogen-bond donors (Lipinski definition) is 0. The Morgan fingerprint density at radius 3 is 2.43 bits per heavy atom. The van der Waals surface area contributed by atoms with Crippen molar-refractivity contribution in [2.75, 3.05) is 0 Å². The zero-order chi connectivity index (χ0) is 10.2. The summed E-state index contributed by atoms with van der Waals surface area (Å²) in [7, 11) is 0. The van der Waals surface area contributed by atoms with E-state index in [1.807, 2.05) is 0 Å². The molecule has 0 nitrogen and oxygen atoms in total. The lowest BCUT2D eigenvalue weighted by atomic mass is 10.0. The molecule has 0 spiro atoms. The quantitative estimate of drug-likeness (QED) is 0.649. The van der Waals surface area contributed by atoms with Gasteiger partial charge in [-0.2, -0.15) is 0 Å². The summed E-state index contributed by atoms with van der Waals surface area (Å²) in [5.41, 5.74) is 4.82. The summed E-state index contributed by atoms with van der Waals surface area (Å²) in [6.45, 7) is 6.76. The fraction of sp³-hybridized carbons (Fsp3) is 0.429. The molecule has 74 valence electrons. The van der Waals surface area contributed by atoms with Crippen LogP contribution in [0.3, 0.4) is 0 Å². The molecule has 1 aromatic rings. The van der Waals surface area contributed by atoms with E-state index in [1.165, 1.54) is 24.0 Å². The number of rotatable bonds is 2. The van der Waals surface area contributed by atoms with Crippen LogP contribution in [0.25, 0.3) is 6.08 Å². The lowest BCUT2D eigenvalue weighted by molar-refractivity contribution is 0.580. The minimum Gasteiger partial charge on any atom is -0.0645 e. The number of allylic oxidation sites excluding steroid dienone is 1. The van der Waals surface area contributed by atoms with E-state index < -0.39 is 0 Å². The van der Waals surface area contributed by atoms with Gasteiger partial charge in [-0.1, -0.05) is 55.3 Å². The van der Waals surface area contributed by atoms with Crippen molar-refractivity contribution in [2.24, 2.45) is 5.41 Å². The van der Waals surface area contributed by atoms with Gasteiger partial charge in [-0.05, 0) is 30.7 Å². The normalized spacial score (nSPS) is 28.1. The summed E-state index contributed by atoms with van der Waals surface area (Å²) in [6.07, 6.45) is 4.91. The molecular weight excluding hydrogens is 168 g/mol. The van der Waals surface area contributed by atoms with Crippen molar-refractivity contribution in [3.05, 3.63) is 41.0 Å². The van der Waals surface area contributed by atoms with Gasteiger partial charge >= 0.3 is 0 Å². The van der Waals surface area contributed by atoms with E-state index in [0.717, 1.165) is 0 Å². The highest BCUT2D eigenvalue weighted by atomic mass is 14.5. The van der Waals surface area contributed by atoms with Crippen LogP contribution in [0.2, 0.25) is 0 Å². The van der Waals surface area contributed by atoms with Crippen molar-refractivity contribution in [3.63, 3.8) is 0 Å². The molecule has 0 heterocycles. The maximum Gasteiger partial charge on any atom is -0.00779 e.